The third-order valence-corrected chi connectivity index (χ3v) is 6.18. The zero-order valence-corrected chi connectivity index (χ0v) is 16.4. The monoisotopic (exact) mass is 406 g/mol. The maximum absolute atomic E-state index is 11.9. The molecule has 7 heteroatoms. The van der Waals surface area contributed by atoms with Crippen LogP contribution in [0.3, 0.4) is 0 Å². The van der Waals surface area contributed by atoms with Crippen molar-refractivity contribution in [3.63, 3.8) is 0 Å². The van der Waals surface area contributed by atoms with Gasteiger partial charge in [0.25, 0.3) is 0 Å². The van der Waals surface area contributed by atoms with Crippen molar-refractivity contribution < 1.29 is 9.53 Å². The van der Waals surface area contributed by atoms with E-state index >= 15 is 0 Å². The van der Waals surface area contributed by atoms with E-state index in [1.165, 1.54) is 11.8 Å². The second-order valence-electron chi connectivity index (χ2n) is 5.73. The number of hydrogen-bond acceptors (Lipinski definition) is 5. The van der Waals surface area contributed by atoms with Crippen LogP contribution >= 0.6 is 35.1 Å². The highest BCUT2D eigenvalue weighted by atomic mass is 35.5. The molecule has 2 aromatic carbocycles. The SMILES string of the molecule is O=C(CSCc1ccccc1Cl)N/N=C/c1cccc(OC2CSC2)c1. The molecule has 2 aromatic rings. The van der Waals surface area contributed by atoms with Crippen molar-refractivity contribution in [2.75, 3.05) is 17.3 Å². The molecule has 0 saturated carbocycles. The Morgan fingerprint density at radius 1 is 1.31 bits per heavy atom. The highest BCUT2D eigenvalue weighted by Crippen LogP contribution is 2.24. The van der Waals surface area contributed by atoms with Gasteiger partial charge in [-0.25, -0.2) is 5.43 Å². The number of benzene rings is 2. The van der Waals surface area contributed by atoms with Gasteiger partial charge in [-0.2, -0.15) is 16.9 Å². The lowest BCUT2D eigenvalue weighted by Gasteiger charge is -2.25. The Hall–Kier alpha value is -1.63. The summed E-state index contributed by atoms with van der Waals surface area (Å²) in [4.78, 5) is 11.9. The first-order valence-electron chi connectivity index (χ1n) is 8.18. The minimum absolute atomic E-state index is 0.141. The lowest BCUT2D eigenvalue weighted by Crippen LogP contribution is -2.31. The molecule has 1 amide bonds. The van der Waals surface area contributed by atoms with Crippen molar-refractivity contribution in [3.05, 3.63) is 64.7 Å². The van der Waals surface area contributed by atoms with Crippen molar-refractivity contribution in [1.29, 1.82) is 0 Å². The van der Waals surface area contributed by atoms with Gasteiger partial charge in [0.1, 0.15) is 11.9 Å². The van der Waals surface area contributed by atoms with E-state index in [1.54, 1.807) is 6.21 Å². The van der Waals surface area contributed by atoms with Crippen LogP contribution in [0.4, 0.5) is 0 Å². The van der Waals surface area contributed by atoms with Gasteiger partial charge in [0.2, 0.25) is 5.91 Å². The first-order valence-corrected chi connectivity index (χ1v) is 10.9. The van der Waals surface area contributed by atoms with Gasteiger partial charge < -0.3 is 4.74 Å². The van der Waals surface area contributed by atoms with Crippen molar-refractivity contribution >= 4 is 47.2 Å². The summed E-state index contributed by atoms with van der Waals surface area (Å²) >= 11 is 9.48. The molecule has 0 spiro atoms. The van der Waals surface area contributed by atoms with Crippen molar-refractivity contribution in [2.24, 2.45) is 5.10 Å². The van der Waals surface area contributed by atoms with Crippen molar-refractivity contribution in [2.45, 2.75) is 11.9 Å². The Bertz CT molecular complexity index is 782. The van der Waals surface area contributed by atoms with Crippen molar-refractivity contribution in [3.8, 4) is 5.75 Å². The molecule has 0 aliphatic carbocycles. The summed E-state index contributed by atoms with van der Waals surface area (Å²) < 4.78 is 5.84. The zero-order chi connectivity index (χ0) is 18.2. The Morgan fingerprint density at radius 2 is 2.15 bits per heavy atom. The molecule has 26 heavy (non-hydrogen) atoms. The molecule has 0 radical (unpaired) electrons. The maximum atomic E-state index is 11.9. The third-order valence-electron chi connectivity index (χ3n) is 3.62. The van der Waals surface area contributed by atoms with Crippen LogP contribution in [0.1, 0.15) is 11.1 Å². The van der Waals surface area contributed by atoms with Gasteiger partial charge in [-0.05, 0) is 29.3 Å². The molecule has 0 unspecified atom stereocenters. The summed E-state index contributed by atoms with van der Waals surface area (Å²) in [6.45, 7) is 0. The zero-order valence-electron chi connectivity index (χ0n) is 14.1. The first kappa shape index (κ1) is 19.1. The van der Waals surface area contributed by atoms with Crippen LogP contribution in [-0.2, 0) is 10.5 Å². The lowest BCUT2D eigenvalue weighted by molar-refractivity contribution is -0.118. The number of thioether (sulfide) groups is 2. The Morgan fingerprint density at radius 3 is 2.92 bits per heavy atom. The van der Waals surface area contributed by atoms with Crippen LogP contribution in [0.15, 0.2) is 53.6 Å². The highest BCUT2D eigenvalue weighted by molar-refractivity contribution is 8.00. The van der Waals surface area contributed by atoms with E-state index < -0.39 is 0 Å². The Balaban J connectivity index is 1.41. The van der Waals surface area contributed by atoms with Gasteiger partial charge in [0, 0.05) is 22.3 Å². The van der Waals surface area contributed by atoms with Gasteiger partial charge in [-0.1, -0.05) is 41.9 Å². The molecular formula is C19H19ClN2O2S2. The molecule has 136 valence electrons. The number of amides is 1. The summed E-state index contributed by atoms with van der Waals surface area (Å²) in [6, 6.07) is 15.3. The van der Waals surface area contributed by atoms with Gasteiger partial charge >= 0.3 is 0 Å². The number of carbonyl (C=O) groups excluding carboxylic acids is 1. The maximum Gasteiger partial charge on any atom is 0.250 e. The Labute approximate surface area is 166 Å². The number of nitrogens with zero attached hydrogens (tertiary/aromatic N) is 1. The van der Waals surface area contributed by atoms with E-state index in [9.17, 15) is 4.79 Å². The molecule has 0 aromatic heterocycles. The average Bonchev–Trinajstić information content (AvgIpc) is 2.60. The molecule has 1 aliphatic rings. The number of nitrogens with one attached hydrogen (secondary N) is 1. The standard InChI is InChI=1S/C19H19ClN2O2S2/c20-18-7-2-1-5-15(18)10-25-13-19(23)22-21-9-14-4-3-6-16(8-14)24-17-11-26-12-17/h1-9,17H,10-13H2,(H,22,23)/b21-9+. The normalized spacial score (nSPS) is 14.2. The van der Waals surface area contributed by atoms with Gasteiger partial charge in [0.15, 0.2) is 0 Å². The molecule has 0 atom stereocenters. The molecule has 1 aliphatic heterocycles. The summed E-state index contributed by atoms with van der Waals surface area (Å²) in [7, 11) is 0. The number of carbonyl (C=O) groups is 1. The molecule has 1 saturated heterocycles. The van der Waals surface area contributed by atoms with Crippen LogP contribution in [0, 0.1) is 0 Å². The second kappa shape index (κ2) is 9.90. The smallest absolute Gasteiger partial charge is 0.250 e. The summed E-state index contributed by atoms with van der Waals surface area (Å²) in [5.41, 5.74) is 4.46. The van der Waals surface area contributed by atoms with Crippen LogP contribution < -0.4 is 10.2 Å². The fraction of sp³-hybridized carbons (Fsp3) is 0.263. The van der Waals surface area contributed by atoms with E-state index in [1.807, 2.05) is 60.3 Å². The minimum atomic E-state index is -0.141. The molecule has 1 fully saturated rings. The molecular weight excluding hydrogens is 388 g/mol. The van der Waals surface area contributed by atoms with E-state index in [-0.39, 0.29) is 5.91 Å². The second-order valence-corrected chi connectivity index (χ2v) is 8.19. The van der Waals surface area contributed by atoms with Gasteiger partial charge in [-0.15, -0.1) is 11.8 Å². The predicted molar refractivity (Wildman–Crippen MR) is 112 cm³/mol. The van der Waals surface area contributed by atoms with E-state index in [0.717, 1.165) is 33.4 Å². The largest absolute Gasteiger partial charge is 0.489 e. The first-order chi connectivity index (χ1) is 12.7. The predicted octanol–water partition coefficient (Wildman–Crippen LogP) is 4.22. The van der Waals surface area contributed by atoms with Crippen LogP contribution in [0.5, 0.6) is 5.75 Å². The van der Waals surface area contributed by atoms with Gasteiger partial charge in [0.05, 0.1) is 12.0 Å². The quantitative estimate of drug-likeness (QED) is 0.526. The topological polar surface area (TPSA) is 50.7 Å². The van der Waals surface area contributed by atoms with Crippen LogP contribution in [-0.4, -0.2) is 35.5 Å². The fourth-order valence-electron chi connectivity index (χ4n) is 2.22. The third kappa shape index (κ3) is 5.97. The average molecular weight is 407 g/mol. The molecule has 0 bridgehead atoms. The summed E-state index contributed by atoms with van der Waals surface area (Å²) in [6.07, 6.45) is 1.93. The van der Waals surface area contributed by atoms with E-state index in [0.29, 0.717) is 17.6 Å². The van der Waals surface area contributed by atoms with Crippen LogP contribution in [0.2, 0.25) is 5.02 Å². The number of hydrazone groups is 1. The van der Waals surface area contributed by atoms with E-state index in [2.05, 4.69) is 10.5 Å². The van der Waals surface area contributed by atoms with Crippen LogP contribution in [0.25, 0.3) is 0 Å². The van der Waals surface area contributed by atoms with Crippen molar-refractivity contribution in [1.82, 2.24) is 5.43 Å². The number of ether oxygens (including phenoxy) is 1. The molecule has 3 rings (SSSR count). The number of rotatable bonds is 8. The van der Waals surface area contributed by atoms with E-state index in [4.69, 9.17) is 16.3 Å². The molecule has 4 nitrogen and oxygen atoms in total. The lowest BCUT2D eigenvalue weighted by atomic mass is 10.2. The minimum Gasteiger partial charge on any atom is -0.489 e. The highest BCUT2D eigenvalue weighted by Gasteiger charge is 2.19. The Kier molecular flexibility index (Phi) is 7.29. The molecule has 1 N–H and O–H groups in total. The fourth-order valence-corrected chi connectivity index (χ4v) is 3.89. The summed E-state index contributed by atoms with van der Waals surface area (Å²) in [5.74, 6) is 3.79. The number of halogens is 1. The number of hydrogen-bond donors (Lipinski definition) is 1. The summed E-state index contributed by atoms with van der Waals surface area (Å²) in [5, 5.41) is 4.74. The van der Waals surface area contributed by atoms with Gasteiger partial charge in [-0.3, -0.25) is 4.79 Å². The molecule has 1 heterocycles.